The monoisotopic (exact) mass is 731 g/mol. The fourth-order valence-electron chi connectivity index (χ4n) is 9.76. The van der Waals surface area contributed by atoms with Crippen molar-refractivity contribution in [2.45, 2.75) is 82.5 Å². The number of carbonyl (C=O) groups is 2. The number of likely N-dealkylation sites (tertiary alicyclic amines) is 1. The van der Waals surface area contributed by atoms with Crippen molar-refractivity contribution in [2.24, 2.45) is 17.3 Å². The minimum absolute atomic E-state index is 0.000609. The van der Waals surface area contributed by atoms with Gasteiger partial charge in [0.15, 0.2) is 0 Å². The van der Waals surface area contributed by atoms with Crippen LogP contribution in [0, 0.1) is 17.3 Å². The Hall–Kier alpha value is -5.10. The molecule has 10 nitrogen and oxygen atoms in total. The van der Waals surface area contributed by atoms with E-state index in [9.17, 15) is 9.59 Å². The summed E-state index contributed by atoms with van der Waals surface area (Å²) in [5.41, 5.74) is 5.89. The van der Waals surface area contributed by atoms with E-state index >= 15 is 8.78 Å². The second-order valence-corrected chi connectivity index (χ2v) is 16.5. The highest BCUT2D eigenvalue weighted by Crippen LogP contribution is 2.55. The molecule has 2 amide bonds. The van der Waals surface area contributed by atoms with Gasteiger partial charge in [0.2, 0.25) is 5.91 Å². The second kappa shape index (κ2) is 11.9. The van der Waals surface area contributed by atoms with Gasteiger partial charge in [0.1, 0.15) is 17.7 Å². The molecule has 5 aliphatic rings. The summed E-state index contributed by atoms with van der Waals surface area (Å²) in [6.45, 7) is 4.82. The Balaban J connectivity index is 0.921. The van der Waals surface area contributed by atoms with E-state index in [1.54, 1.807) is 30.5 Å². The Kier molecular flexibility index (Phi) is 7.41. The van der Waals surface area contributed by atoms with Crippen LogP contribution < -0.4 is 10.6 Å². The Bertz CT molecular complexity index is 2340. The van der Waals surface area contributed by atoms with E-state index in [-0.39, 0.29) is 47.0 Å². The van der Waals surface area contributed by atoms with Crippen LogP contribution in [0.25, 0.3) is 44.5 Å². The van der Waals surface area contributed by atoms with Gasteiger partial charge in [-0.05, 0) is 102 Å². The normalized spacial score (nSPS) is 24.7. The third kappa shape index (κ3) is 5.20. The molecule has 10 rings (SSSR count). The number of piperidine rings is 1. The summed E-state index contributed by atoms with van der Waals surface area (Å²) in [7, 11) is 1.29. The first-order valence-corrected chi connectivity index (χ1v) is 19.1. The van der Waals surface area contributed by atoms with Crippen molar-refractivity contribution in [3.8, 4) is 33.5 Å². The molecule has 12 heteroatoms. The zero-order valence-corrected chi connectivity index (χ0v) is 30.5. The van der Waals surface area contributed by atoms with Crippen LogP contribution in [0.2, 0.25) is 0 Å². The van der Waals surface area contributed by atoms with Crippen molar-refractivity contribution >= 4 is 23.0 Å². The molecule has 2 saturated carbocycles. The van der Waals surface area contributed by atoms with Gasteiger partial charge in [-0.25, -0.2) is 14.8 Å². The number of imidazole rings is 2. The van der Waals surface area contributed by atoms with Gasteiger partial charge in [-0.2, -0.15) is 8.78 Å². The SMILES string of the molecule is COC(=O)NC(C(=O)N1[C@@H]2CC[C@@H](C2)[C@H]1c1nc2ccc(-c3ccc4c(c3)C(F)(F)c3cc(-c5cnc(C6CC7(CC7)CN6)[nH]5)ccc3-4)cc2[nH]1)C(C)C. The first-order valence-electron chi connectivity index (χ1n) is 19.1. The summed E-state index contributed by atoms with van der Waals surface area (Å²) in [6, 6.07) is 15.6. The Morgan fingerprint density at radius 1 is 0.944 bits per heavy atom. The number of alkyl carbamates (subject to hydrolysis) is 1. The van der Waals surface area contributed by atoms with Crippen molar-refractivity contribution in [1.82, 2.24) is 35.5 Å². The van der Waals surface area contributed by atoms with Crippen LogP contribution in [0.4, 0.5) is 13.6 Å². The molecule has 0 radical (unpaired) electrons. The summed E-state index contributed by atoms with van der Waals surface area (Å²) in [6.07, 6.45) is 7.49. The highest BCUT2D eigenvalue weighted by molar-refractivity contribution is 5.88. The number of amides is 2. The predicted octanol–water partition coefficient (Wildman–Crippen LogP) is 7.99. The molecular formula is C42H43F2N7O3. The van der Waals surface area contributed by atoms with E-state index in [1.807, 2.05) is 49.1 Å². The quantitative estimate of drug-likeness (QED) is 0.134. The van der Waals surface area contributed by atoms with Gasteiger partial charge < -0.3 is 30.2 Å². The van der Waals surface area contributed by atoms with Gasteiger partial charge in [0, 0.05) is 29.3 Å². The molecule has 2 unspecified atom stereocenters. The van der Waals surface area contributed by atoms with E-state index in [4.69, 9.17) is 9.72 Å². The number of alkyl halides is 2. The average Bonchev–Trinajstić information content (AvgIpc) is 3.83. The molecule has 2 saturated heterocycles. The van der Waals surface area contributed by atoms with Crippen molar-refractivity contribution in [3.63, 3.8) is 0 Å². The third-order valence-corrected chi connectivity index (χ3v) is 12.9. The molecule has 278 valence electrons. The molecule has 2 aromatic heterocycles. The van der Waals surface area contributed by atoms with Crippen molar-refractivity contribution in [3.05, 3.63) is 83.6 Å². The van der Waals surface area contributed by atoms with Crippen LogP contribution in [-0.4, -0.2) is 62.6 Å². The highest BCUT2D eigenvalue weighted by atomic mass is 19.3. The van der Waals surface area contributed by atoms with Crippen LogP contribution in [-0.2, 0) is 15.5 Å². The summed E-state index contributed by atoms with van der Waals surface area (Å²) in [5.74, 6) is -1.63. The van der Waals surface area contributed by atoms with Crippen molar-refractivity contribution in [2.75, 3.05) is 13.7 Å². The van der Waals surface area contributed by atoms with Gasteiger partial charge in [-0.3, -0.25) is 4.79 Å². The molecule has 5 atom stereocenters. The number of methoxy groups -OCH3 is 1. The smallest absolute Gasteiger partial charge is 0.407 e. The summed E-state index contributed by atoms with van der Waals surface area (Å²) >= 11 is 0. The molecule has 54 heavy (non-hydrogen) atoms. The van der Waals surface area contributed by atoms with Crippen LogP contribution in [0.15, 0.2) is 60.8 Å². The lowest BCUT2D eigenvalue weighted by Gasteiger charge is -2.37. The first kappa shape index (κ1) is 33.5. The van der Waals surface area contributed by atoms with E-state index in [0.717, 1.165) is 60.3 Å². The van der Waals surface area contributed by atoms with Gasteiger partial charge in [0.05, 0.1) is 42.1 Å². The summed E-state index contributed by atoms with van der Waals surface area (Å²) < 4.78 is 37.5. The van der Waals surface area contributed by atoms with E-state index < -0.39 is 18.1 Å². The fraction of sp³-hybridized carbons (Fsp3) is 0.429. The van der Waals surface area contributed by atoms with Crippen LogP contribution in [0.3, 0.4) is 0 Å². The zero-order chi connectivity index (χ0) is 37.1. The highest BCUT2D eigenvalue weighted by Gasteiger charge is 2.52. The lowest BCUT2D eigenvalue weighted by molar-refractivity contribution is -0.139. The molecule has 4 N–H and O–H groups in total. The largest absolute Gasteiger partial charge is 0.453 e. The van der Waals surface area contributed by atoms with Gasteiger partial charge in [-0.1, -0.05) is 44.2 Å². The van der Waals surface area contributed by atoms with E-state index in [2.05, 4.69) is 25.6 Å². The Morgan fingerprint density at radius 3 is 2.39 bits per heavy atom. The number of aromatic amines is 2. The number of nitrogens with zero attached hydrogens (tertiary/aromatic N) is 3. The lowest BCUT2D eigenvalue weighted by Crippen LogP contribution is -2.54. The van der Waals surface area contributed by atoms with Gasteiger partial charge >= 0.3 is 6.09 Å². The third-order valence-electron chi connectivity index (χ3n) is 12.9. The number of H-pyrrole nitrogens is 2. The number of fused-ring (bicyclic) bond motifs is 6. The van der Waals surface area contributed by atoms with E-state index in [1.165, 1.54) is 20.0 Å². The standard InChI is InChI=1S/C42H43F2N7O3/c1-21(2)35(50-40(53)54-3)39(52)51-26-8-4-25(14-26)36(51)38-47-31-11-7-23(17-32(31)48-38)22-5-9-27-28-10-6-24(16-30(28)42(43,44)29(27)15-22)34-19-45-37(49-34)33-18-41(12-13-41)20-46-33/h5-7,9-11,15-17,19,21,25-26,33,35-36,46H,4,8,12-14,18,20H2,1-3H3,(H,45,49)(H,47,48)(H,50,53)/t25-,26+,33?,35?,36-/m0/s1. The molecular weight excluding hydrogens is 689 g/mol. The molecule has 2 aliphatic heterocycles. The van der Waals surface area contributed by atoms with Crippen molar-refractivity contribution < 1.29 is 23.1 Å². The lowest BCUT2D eigenvalue weighted by atomic mass is 9.95. The van der Waals surface area contributed by atoms with Crippen molar-refractivity contribution in [1.29, 1.82) is 0 Å². The summed E-state index contributed by atoms with van der Waals surface area (Å²) in [5, 5.41) is 6.31. The molecule has 4 heterocycles. The molecule has 5 aromatic rings. The number of ether oxygens (including phenoxy) is 1. The zero-order valence-electron chi connectivity index (χ0n) is 30.5. The number of hydrogen-bond donors (Lipinski definition) is 4. The predicted molar refractivity (Wildman–Crippen MR) is 199 cm³/mol. The number of halogens is 2. The van der Waals surface area contributed by atoms with Gasteiger partial charge in [0.25, 0.3) is 5.92 Å². The summed E-state index contributed by atoms with van der Waals surface area (Å²) in [4.78, 5) is 44.5. The number of nitrogens with one attached hydrogen (secondary N) is 4. The molecule has 1 spiro atoms. The fourth-order valence-corrected chi connectivity index (χ4v) is 9.76. The number of hydrogen-bond acceptors (Lipinski definition) is 6. The molecule has 3 aliphatic carbocycles. The minimum atomic E-state index is -3.18. The first-order chi connectivity index (χ1) is 26.0. The number of aromatic nitrogens is 4. The number of rotatable bonds is 7. The minimum Gasteiger partial charge on any atom is -0.453 e. The Morgan fingerprint density at radius 2 is 1.67 bits per heavy atom. The van der Waals surface area contributed by atoms with Crippen LogP contribution >= 0.6 is 0 Å². The molecule has 3 aromatic carbocycles. The molecule has 2 bridgehead atoms. The maximum Gasteiger partial charge on any atom is 0.407 e. The maximum atomic E-state index is 16.4. The van der Waals surface area contributed by atoms with E-state index in [0.29, 0.717) is 33.5 Å². The topological polar surface area (TPSA) is 128 Å². The van der Waals surface area contributed by atoms with Gasteiger partial charge in [-0.15, -0.1) is 0 Å². The average molecular weight is 732 g/mol. The Labute approximate surface area is 311 Å². The second-order valence-electron chi connectivity index (χ2n) is 16.5. The van der Waals surface area contributed by atoms with Crippen LogP contribution in [0.5, 0.6) is 0 Å². The number of carbonyl (C=O) groups excluding carboxylic acids is 2. The van der Waals surface area contributed by atoms with Crippen LogP contribution in [0.1, 0.15) is 87.2 Å². The number of benzene rings is 3. The molecule has 4 fully saturated rings. The maximum absolute atomic E-state index is 16.4.